The molecule has 0 saturated heterocycles. The Morgan fingerprint density at radius 1 is 1.00 bits per heavy atom. The normalized spacial score (nSPS) is 17.3. The van der Waals surface area contributed by atoms with Gasteiger partial charge in [-0.05, 0) is 43.0 Å². The van der Waals surface area contributed by atoms with Crippen molar-refractivity contribution in [2.24, 2.45) is 5.92 Å². The van der Waals surface area contributed by atoms with Crippen LogP contribution in [0.5, 0.6) is 0 Å². The van der Waals surface area contributed by atoms with Crippen LogP contribution in [-0.2, 0) is 6.54 Å². The summed E-state index contributed by atoms with van der Waals surface area (Å²) >= 11 is 0. The molecule has 1 N–H and O–H groups in total. The van der Waals surface area contributed by atoms with Gasteiger partial charge < -0.3 is 5.32 Å². The first-order valence-corrected chi connectivity index (χ1v) is 6.40. The summed E-state index contributed by atoms with van der Waals surface area (Å²) in [5, 5.41) is 3.29. The highest BCUT2D eigenvalue weighted by Crippen LogP contribution is 2.22. The average Bonchev–Trinajstić information content (AvgIpc) is 2.29. The fourth-order valence-electron chi connectivity index (χ4n) is 2.52. The fourth-order valence-corrected chi connectivity index (χ4v) is 2.52. The van der Waals surface area contributed by atoms with Crippen LogP contribution in [0, 0.1) is 17.6 Å². The fraction of sp³-hybridized carbons (Fsp3) is 0.571. The second-order valence-electron chi connectivity index (χ2n) is 4.91. The molecule has 1 aromatic carbocycles. The van der Waals surface area contributed by atoms with Crippen LogP contribution in [0.1, 0.15) is 37.7 Å². The summed E-state index contributed by atoms with van der Waals surface area (Å²) < 4.78 is 25.9. The third-order valence-corrected chi connectivity index (χ3v) is 3.41. The SMILES string of the molecule is Fc1cc(F)cc(CNCC2CCCCC2)c1. The van der Waals surface area contributed by atoms with E-state index in [0.29, 0.717) is 12.1 Å². The van der Waals surface area contributed by atoms with E-state index in [1.165, 1.54) is 44.2 Å². The van der Waals surface area contributed by atoms with Crippen LogP contribution in [-0.4, -0.2) is 6.54 Å². The van der Waals surface area contributed by atoms with Crippen molar-refractivity contribution in [2.75, 3.05) is 6.54 Å². The number of hydrogen-bond donors (Lipinski definition) is 1. The summed E-state index contributed by atoms with van der Waals surface area (Å²) in [5.74, 6) is -0.263. The Hall–Kier alpha value is -0.960. The molecular formula is C14H19F2N. The minimum absolute atomic E-state index is 0.500. The van der Waals surface area contributed by atoms with Gasteiger partial charge in [0.15, 0.2) is 0 Å². The van der Waals surface area contributed by atoms with Gasteiger partial charge in [-0.2, -0.15) is 0 Å². The van der Waals surface area contributed by atoms with E-state index in [2.05, 4.69) is 5.32 Å². The van der Waals surface area contributed by atoms with Crippen molar-refractivity contribution in [1.29, 1.82) is 0 Å². The van der Waals surface area contributed by atoms with Crippen LogP contribution in [0.15, 0.2) is 18.2 Å². The zero-order valence-electron chi connectivity index (χ0n) is 10.0. The lowest BCUT2D eigenvalue weighted by atomic mass is 9.89. The molecule has 0 amide bonds. The summed E-state index contributed by atoms with van der Waals surface area (Å²) in [6.45, 7) is 1.50. The first-order chi connectivity index (χ1) is 8.24. The van der Waals surface area contributed by atoms with Crippen LogP contribution in [0.2, 0.25) is 0 Å². The summed E-state index contributed by atoms with van der Waals surface area (Å²) in [7, 11) is 0. The van der Waals surface area contributed by atoms with E-state index in [9.17, 15) is 8.78 Å². The van der Waals surface area contributed by atoms with Crippen molar-refractivity contribution in [3.05, 3.63) is 35.4 Å². The van der Waals surface area contributed by atoms with E-state index < -0.39 is 11.6 Å². The molecular weight excluding hydrogens is 220 g/mol. The van der Waals surface area contributed by atoms with Crippen molar-refractivity contribution in [3.63, 3.8) is 0 Å². The third-order valence-electron chi connectivity index (χ3n) is 3.41. The standard InChI is InChI=1S/C14H19F2N/c15-13-6-12(7-14(16)8-13)10-17-9-11-4-2-1-3-5-11/h6-8,11,17H,1-5,9-10H2. The topological polar surface area (TPSA) is 12.0 Å². The average molecular weight is 239 g/mol. The van der Waals surface area contributed by atoms with Crippen LogP contribution >= 0.6 is 0 Å². The minimum Gasteiger partial charge on any atom is -0.312 e. The van der Waals surface area contributed by atoms with Gasteiger partial charge in [0.25, 0.3) is 0 Å². The zero-order valence-corrected chi connectivity index (χ0v) is 10.0. The molecule has 1 fully saturated rings. The lowest BCUT2D eigenvalue weighted by Gasteiger charge is -2.21. The highest BCUT2D eigenvalue weighted by atomic mass is 19.1. The van der Waals surface area contributed by atoms with Gasteiger partial charge in [0.1, 0.15) is 11.6 Å². The predicted octanol–water partition coefficient (Wildman–Crippen LogP) is 3.63. The highest BCUT2D eigenvalue weighted by molar-refractivity contribution is 5.17. The lowest BCUT2D eigenvalue weighted by Crippen LogP contribution is -2.24. The van der Waals surface area contributed by atoms with Gasteiger partial charge in [-0.25, -0.2) is 8.78 Å². The lowest BCUT2D eigenvalue weighted by molar-refractivity contribution is 0.342. The Labute approximate surface area is 101 Å². The molecule has 0 unspecified atom stereocenters. The number of hydrogen-bond acceptors (Lipinski definition) is 1. The van der Waals surface area contributed by atoms with Gasteiger partial charge in [-0.3, -0.25) is 0 Å². The Morgan fingerprint density at radius 2 is 1.65 bits per heavy atom. The van der Waals surface area contributed by atoms with E-state index >= 15 is 0 Å². The van der Waals surface area contributed by atoms with Crippen LogP contribution in [0.3, 0.4) is 0 Å². The van der Waals surface area contributed by atoms with Crippen molar-refractivity contribution in [2.45, 2.75) is 38.6 Å². The van der Waals surface area contributed by atoms with Crippen LogP contribution < -0.4 is 5.32 Å². The molecule has 0 heterocycles. The molecule has 94 valence electrons. The molecule has 0 aromatic heterocycles. The number of nitrogens with one attached hydrogen (secondary N) is 1. The highest BCUT2D eigenvalue weighted by Gasteiger charge is 2.12. The molecule has 3 heteroatoms. The van der Waals surface area contributed by atoms with Gasteiger partial charge in [-0.1, -0.05) is 19.3 Å². The van der Waals surface area contributed by atoms with Gasteiger partial charge in [0, 0.05) is 12.6 Å². The van der Waals surface area contributed by atoms with E-state index in [0.717, 1.165) is 18.5 Å². The molecule has 1 aromatic rings. The Kier molecular flexibility index (Phi) is 4.49. The molecule has 0 spiro atoms. The molecule has 1 aliphatic carbocycles. The summed E-state index contributed by atoms with van der Waals surface area (Å²) in [6, 6.07) is 3.68. The second kappa shape index (κ2) is 6.10. The van der Waals surface area contributed by atoms with Gasteiger partial charge >= 0.3 is 0 Å². The Bertz CT molecular complexity index is 339. The molecule has 1 nitrogen and oxygen atoms in total. The van der Waals surface area contributed by atoms with Crippen LogP contribution in [0.4, 0.5) is 8.78 Å². The molecule has 0 aliphatic heterocycles. The van der Waals surface area contributed by atoms with E-state index in [4.69, 9.17) is 0 Å². The maximum atomic E-state index is 12.9. The molecule has 17 heavy (non-hydrogen) atoms. The van der Waals surface area contributed by atoms with Crippen molar-refractivity contribution in [3.8, 4) is 0 Å². The Morgan fingerprint density at radius 3 is 2.29 bits per heavy atom. The quantitative estimate of drug-likeness (QED) is 0.846. The van der Waals surface area contributed by atoms with Crippen molar-refractivity contribution < 1.29 is 8.78 Å². The van der Waals surface area contributed by atoms with Gasteiger partial charge in [0.2, 0.25) is 0 Å². The van der Waals surface area contributed by atoms with E-state index in [1.807, 2.05) is 0 Å². The number of rotatable bonds is 4. The summed E-state index contributed by atoms with van der Waals surface area (Å²) in [6.07, 6.45) is 6.56. The van der Waals surface area contributed by atoms with Gasteiger partial charge in [0.05, 0.1) is 0 Å². The second-order valence-corrected chi connectivity index (χ2v) is 4.91. The van der Waals surface area contributed by atoms with E-state index in [1.54, 1.807) is 0 Å². The first-order valence-electron chi connectivity index (χ1n) is 6.40. The van der Waals surface area contributed by atoms with Crippen molar-refractivity contribution in [1.82, 2.24) is 5.32 Å². The first kappa shape index (κ1) is 12.5. The molecule has 0 radical (unpaired) electrons. The largest absolute Gasteiger partial charge is 0.312 e. The number of halogens is 2. The molecule has 2 rings (SSSR count). The van der Waals surface area contributed by atoms with Crippen LogP contribution in [0.25, 0.3) is 0 Å². The smallest absolute Gasteiger partial charge is 0.126 e. The molecule has 1 aliphatic rings. The maximum absolute atomic E-state index is 12.9. The van der Waals surface area contributed by atoms with Gasteiger partial charge in [-0.15, -0.1) is 0 Å². The molecule has 0 atom stereocenters. The van der Waals surface area contributed by atoms with Crippen molar-refractivity contribution >= 4 is 0 Å². The monoisotopic (exact) mass is 239 g/mol. The maximum Gasteiger partial charge on any atom is 0.126 e. The summed E-state index contributed by atoms with van der Waals surface area (Å²) in [5.41, 5.74) is 0.679. The number of benzene rings is 1. The third kappa shape index (κ3) is 4.08. The minimum atomic E-state index is -0.500. The predicted molar refractivity (Wildman–Crippen MR) is 64.6 cm³/mol. The summed E-state index contributed by atoms with van der Waals surface area (Å²) in [4.78, 5) is 0. The molecule has 1 saturated carbocycles. The Balaban J connectivity index is 1.77. The van der Waals surface area contributed by atoms with E-state index in [-0.39, 0.29) is 0 Å². The zero-order chi connectivity index (χ0) is 12.1. The molecule has 0 bridgehead atoms.